The van der Waals surface area contributed by atoms with Crippen molar-refractivity contribution in [1.82, 2.24) is 10.2 Å². The number of amides is 1. The maximum absolute atomic E-state index is 13.3. The molecule has 0 radical (unpaired) electrons. The van der Waals surface area contributed by atoms with Gasteiger partial charge in [-0.1, -0.05) is 12.1 Å². The summed E-state index contributed by atoms with van der Waals surface area (Å²) in [6.07, 6.45) is 0. The van der Waals surface area contributed by atoms with Gasteiger partial charge in [0.15, 0.2) is 11.6 Å². The maximum atomic E-state index is 13.3. The van der Waals surface area contributed by atoms with Gasteiger partial charge in [0.1, 0.15) is 12.6 Å². The standard InChI is InChI=1S/C14H19FN2O3.ClH/c1-17(14(18)12-10-19-8-6-16-12)7-9-20-13-5-3-2-4-11(13)15;/h2-5,12,16H,6-10H2,1H3;1H. The third-order valence-electron chi connectivity index (χ3n) is 3.12. The van der Waals surface area contributed by atoms with Gasteiger partial charge in [0.2, 0.25) is 5.91 Å². The smallest absolute Gasteiger partial charge is 0.241 e. The molecule has 1 aromatic carbocycles. The number of carbonyl (C=O) groups excluding carboxylic acids is 1. The topological polar surface area (TPSA) is 50.8 Å². The first-order valence-electron chi connectivity index (χ1n) is 6.62. The van der Waals surface area contributed by atoms with E-state index >= 15 is 0 Å². The second kappa shape index (κ2) is 8.81. The highest BCUT2D eigenvalue weighted by Gasteiger charge is 2.24. The highest BCUT2D eigenvalue weighted by Crippen LogP contribution is 2.15. The zero-order valence-electron chi connectivity index (χ0n) is 11.9. The van der Waals surface area contributed by atoms with Crippen molar-refractivity contribution in [2.75, 3.05) is 40.0 Å². The quantitative estimate of drug-likeness (QED) is 0.882. The van der Waals surface area contributed by atoms with Gasteiger partial charge < -0.3 is 19.7 Å². The molecule has 1 amide bonds. The summed E-state index contributed by atoms with van der Waals surface area (Å²) in [6.45, 7) is 2.33. The van der Waals surface area contributed by atoms with Gasteiger partial charge in [-0.15, -0.1) is 12.4 Å². The molecule has 0 saturated carbocycles. The molecule has 21 heavy (non-hydrogen) atoms. The van der Waals surface area contributed by atoms with Crippen LogP contribution in [0.1, 0.15) is 0 Å². The molecular weight excluding hydrogens is 299 g/mol. The molecule has 7 heteroatoms. The van der Waals surface area contributed by atoms with Gasteiger partial charge >= 0.3 is 0 Å². The molecule has 0 bridgehead atoms. The van der Waals surface area contributed by atoms with Crippen LogP contribution in [-0.4, -0.2) is 56.8 Å². The third-order valence-corrected chi connectivity index (χ3v) is 3.12. The van der Waals surface area contributed by atoms with E-state index in [1.54, 1.807) is 30.1 Å². The molecule has 1 aromatic rings. The molecule has 1 unspecified atom stereocenters. The number of morpholine rings is 1. The van der Waals surface area contributed by atoms with Crippen LogP contribution in [0.4, 0.5) is 4.39 Å². The Labute approximate surface area is 129 Å². The first-order chi connectivity index (χ1) is 9.68. The summed E-state index contributed by atoms with van der Waals surface area (Å²) < 4.78 is 23.9. The Hall–Kier alpha value is -1.37. The van der Waals surface area contributed by atoms with Crippen LogP contribution in [0, 0.1) is 5.82 Å². The van der Waals surface area contributed by atoms with Crippen LogP contribution in [-0.2, 0) is 9.53 Å². The molecule has 118 valence electrons. The van der Waals surface area contributed by atoms with Gasteiger partial charge in [-0.25, -0.2) is 4.39 Å². The number of halogens is 2. The van der Waals surface area contributed by atoms with E-state index in [4.69, 9.17) is 9.47 Å². The van der Waals surface area contributed by atoms with Gasteiger partial charge in [0.05, 0.1) is 19.8 Å². The number of rotatable bonds is 5. The first-order valence-corrected chi connectivity index (χ1v) is 6.62. The minimum absolute atomic E-state index is 0. The van der Waals surface area contributed by atoms with E-state index in [1.807, 2.05) is 0 Å². The summed E-state index contributed by atoms with van der Waals surface area (Å²) in [5, 5.41) is 3.10. The fourth-order valence-corrected chi connectivity index (χ4v) is 1.95. The molecule has 1 aliphatic heterocycles. The van der Waals surface area contributed by atoms with Crippen molar-refractivity contribution in [2.24, 2.45) is 0 Å². The number of para-hydroxylation sites is 1. The second-order valence-corrected chi connectivity index (χ2v) is 4.62. The summed E-state index contributed by atoms with van der Waals surface area (Å²) in [5.41, 5.74) is 0. The number of carbonyl (C=O) groups is 1. The van der Waals surface area contributed by atoms with E-state index in [9.17, 15) is 9.18 Å². The Balaban J connectivity index is 0.00000220. The molecule has 2 rings (SSSR count). The number of hydrogen-bond donors (Lipinski definition) is 1. The van der Waals surface area contributed by atoms with Crippen molar-refractivity contribution >= 4 is 18.3 Å². The fraction of sp³-hybridized carbons (Fsp3) is 0.500. The normalized spacial score (nSPS) is 17.7. The minimum Gasteiger partial charge on any atom is -0.489 e. The molecule has 1 heterocycles. The van der Waals surface area contributed by atoms with Crippen LogP contribution < -0.4 is 10.1 Å². The van der Waals surface area contributed by atoms with Crippen LogP contribution in [0.2, 0.25) is 0 Å². The molecule has 1 N–H and O–H groups in total. The van der Waals surface area contributed by atoms with Crippen LogP contribution in [0.5, 0.6) is 5.75 Å². The SMILES string of the molecule is CN(CCOc1ccccc1F)C(=O)C1COCCN1.Cl. The van der Waals surface area contributed by atoms with E-state index in [-0.39, 0.29) is 36.7 Å². The molecule has 0 aromatic heterocycles. The second-order valence-electron chi connectivity index (χ2n) is 4.62. The lowest BCUT2D eigenvalue weighted by molar-refractivity contribution is -0.135. The number of nitrogens with one attached hydrogen (secondary N) is 1. The lowest BCUT2D eigenvalue weighted by Crippen LogP contribution is -2.52. The highest BCUT2D eigenvalue weighted by atomic mass is 35.5. The zero-order valence-corrected chi connectivity index (χ0v) is 12.7. The molecule has 1 fully saturated rings. The number of likely N-dealkylation sites (N-methyl/N-ethyl adjacent to an activating group) is 1. The average Bonchev–Trinajstić information content (AvgIpc) is 2.49. The predicted molar refractivity (Wildman–Crippen MR) is 79.4 cm³/mol. The number of benzene rings is 1. The van der Waals surface area contributed by atoms with Gasteiger partial charge in [-0.2, -0.15) is 0 Å². The summed E-state index contributed by atoms with van der Waals surface area (Å²) in [4.78, 5) is 13.6. The van der Waals surface area contributed by atoms with Crippen LogP contribution in [0.25, 0.3) is 0 Å². The molecule has 1 saturated heterocycles. The summed E-state index contributed by atoms with van der Waals surface area (Å²) in [6, 6.07) is 5.91. The Morgan fingerprint density at radius 1 is 1.52 bits per heavy atom. The molecule has 1 aliphatic rings. The molecule has 0 spiro atoms. The fourth-order valence-electron chi connectivity index (χ4n) is 1.95. The van der Waals surface area contributed by atoms with E-state index in [2.05, 4.69) is 5.32 Å². The number of nitrogens with zero attached hydrogens (tertiary/aromatic N) is 1. The van der Waals surface area contributed by atoms with Crippen LogP contribution in [0.3, 0.4) is 0 Å². The summed E-state index contributed by atoms with van der Waals surface area (Å²) in [7, 11) is 1.70. The molecule has 5 nitrogen and oxygen atoms in total. The Kier molecular flexibility index (Phi) is 7.42. The molecule has 1 atom stereocenters. The Bertz CT molecular complexity index is 456. The van der Waals surface area contributed by atoms with Crippen molar-refractivity contribution in [2.45, 2.75) is 6.04 Å². The van der Waals surface area contributed by atoms with Gasteiger partial charge in [0, 0.05) is 13.6 Å². The summed E-state index contributed by atoms with van der Waals surface area (Å²) >= 11 is 0. The van der Waals surface area contributed by atoms with E-state index in [1.165, 1.54) is 6.07 Å². The van der Waals surface area contributed by atoms with Gasteiger partial charge in [-0.3, -0.25) is 4.79 Å². The van der Waals surface area contributed by atoms with Crippen molar-refractivity contribution < 1.29 is 18.7 Å². The monoisotopic (exact) mass is 318 g/mol. The van der Waals surface area contributed by atoms with Gasteiger partial charge in [-0.05, 0) is 12.1 Å². The Morgan fingerprint density at radius 2 is 2.29 bits per heavy atom. The van der Waals surface area contributed by atoms with Crippen LogP contribution in [0.15, 0.2) is 24.3 Å². The number of ether oxygens (including phenoxy) is 2. The number of hydrogen-bond acceptors (Lipinski definition) is 4. The van der Waals surface area contributed by atoms with E-state index in [0.29, 0.717) is 26.3 Å². The molecule has 0 aliphatic carbocycles. The minimum atomic E-state index is -0.399. The highest BCUT2D eigenvalue weighted by molar-refractivity contribution is 5.85. The zero-order chi connectivity index (χ0) is 14.4. The lowest BCUT2D eigenvalue weighted by atomic mass is 10.2. The predicted octanol–water partition coefficient (Wildman–Crippen LogP) is 1.07. The van der Waals surface area contributed by atoms with E-state index in [0.717, 1.165) is 0 Å². The van der Waals surface area contributed by atoms with Crippen LogP contribution >= 0.6 is 12.4 Å². The largest absolute Gasteiger partial charge is 0.489 e. The van der Waals surface area contributed by atoms with Crippen molar-refractivity contribution in [3.05, 3.63) is 30.1 Å². The van der Waals surface area contributed by atoms with Crippen molar-refractivity contribution in [1.29, 1.82) is 0 Å². The van der Waals surface area contributed by atoms with Crippen molar-refractivity contribution in [3.8, 4) is 5.75 Å². The molecular formula is C14H20ClFN2O3. The lowest BCUT2D eigenvalue weighted by Gasteiger charge is -2.27. The third kappa shape index (κ3) is 5.15. The average molecular weight is 319 g/mol. The first kappa shape index (κ1) is 17.7. The van der Waals surface area contributed by atoms with E-state index < -0.39 is 5.82 Å². The van der Waals surface area contributed by atoms with Gasteiger partial charge in [0.25, 0.3) is 0 Å². The Morgan fingerprint density at radius 3 is 2.95 bits per heavy atom. The van der Waals surface area contributed by atoms with Crippen molar-refractivity contribution in [3.63, 3.8) is 0 Å². The maximum Gasteiger partial charge on any atom is 0.241 e. The summed E-state index contributed by atoms with van der Waals surface area (Å²) in [5.74, 6) is -0.238.